The van der Waals surface area contributed by atoms with Crippen LogP contribution in [0.4, 0.5) is 0 Å². The molecule has 0 atom stereocenters. The molecule has 3 N–H and O–H groups in total. The molecular formula is C14H26N2O3. The topological polar surface area (TPSA) is 83.6 Å². The summed E-state index contributed by atoms with van der Waals surface area (Å²) in [4.78, 5) is 24.8. The number of rotatable bonds is 6. The largest absolute Gasteiger partial charge is 0.389 e. The van der Waals surface area contributed by atoms with Gasteiger partial charge in [0, 0.05) is 6.54 Å². The number of carbonyl (C=O) groups excluding carboxylic acids is 2. The van der Waals surface area contributed by atoms with E-state index >= 15 is 0 Å². The summed E-state index contributed by atoms with van der Waals surface area (Å²) in [6.07, 6.45) is 4.49. The van der Waals surface area contributed by atoms with Crippen LogP contribution in [0.25, 0.3) is 0 Å². The van der Waals surface area contributed by atoms with Gasteiger partial charge in [0.25, 0.3) is 0 Å². The molecule has 1 aliphatic rings. The summed E-state index contributed by atoms with van der Waals surface area (Å²) >= 11 is 0. The number of hydrogen-bond donors (Lipinski definition) is 2. The fourth-order valence-corrected chi connectivity index (χ4v) is 2.66. The third kappa shape index (κ3) is 5.59. The number of nitrogens with zero attached hydrogens (tertiary/aromatic N) is 1. The maximum atomic E-state index is 12.2. The van der Waals surface area contributed by atoms with Gasteiger partial charge in [-0.2, -0.15) is 0 Å². The van der Waals surface area contributed by atoms with Gasteiger partial charge in [0.1, 0.15) is 0 Å². The molecule has 0 aromatic rings. The molecule has 0 radical (unpaired) electrons. The Morgan fingerprint density at radius 3 is 2.32 bits per heavy atom. The van der Waals surface area contributed by atoms with Gasteiger partial charge >= 0.3 is 0 Å². The molecule has 1 rings (SSSR count). The fraction of sp³-hybridized carbons (Fsp3) is 0.857. The minimum absolute atomic E-state index is 0.0624. The second-order valence-electron chi connectivity index (χ2n) is 6.10. The molecule has 19 heavy (non-hydrogen) atoms. The Morgan fingerprint density at radius 1 is 1.26 bits per heavy atom. The third-order valence-corrected chi connectivity index (χ3v) is 3.55. The van der Waals surface area contributed by atoms with Crippen molar-refractivity contribution in [2.24, 2.45) is 11.7 Å². The standard InChI is InChI=1S/C14H26N2O3/c1-11(2)9-16(10-12(15)17)13(18)8-14(19)6-4-3-5-7-14/h11,19H,3-10H2,1-2H3,(H2,15,17). The first kappa shape index (κ1) is 16.0. The lowest BCUT2D eigenvalue weighted by Crippen LogP contribution is -2.45. The molecule has 0 unspecified atom stereocenters. The van der Waals surface area contributed by atoms with Crippen LogP contribution >= 0.6 is 0 Å². The van der Waals surface area contributed by atoms with Crippen LogP contribution in [-0.2, 0) is 9.59 Å². The number of primary amides is 1. The Labute approximate surface area is 115 Å². The van der Waals surface area contributed by atoms with Gasteiger partial charge in [0.05, 0.1) is 18.6 Å². The SMILES string of the molecule is CC(C)CN(CC(N)=O)C(=O)CC1(O)CCCCC1. The van der Waals surface area contributed by atoms with Crippen LogP contribution in [-0.4, -0.2) is 40.5 Å². The lowest BCUT2D eigenvalue weighted by atomic mass is 9.82. The molecule has 0 heterocycles. The van der Waals surface area contributed by atoms with Gasteiger partial charge in [-0.25, -0.2) is 0 Å². The highest BCUT2D eigenvalue weighted by molar-refractivity contribution is 5.84. The van der Waals surface area contributed by atoms with Crippen LogP contribution in [0.15, 0.2) is 0 Å². The molecule has 5 heteroatoms. The van der Waals surface area contributed by atoms with Crippen molar-refractivity contribution in [2.45, 2.75) is 58.0 Å². The Morgan fingerprint density at radius 2 is 1.84 bits per heavy atom. The average Bonchev–Trinajstić information content (AvgIpc) is 2.27. The van der Waals surface area contributed by atoms with E-state index in [1.54, 1.807) is 0 Å². The van der Waals surface area contributed by atoms with Crippen molar-refractivity contribution < 1.29 is 14.7 Å². The molecule has 1 fully saturated rings. The maximum absolute atomic E-state index is 12.2. The molecule has 5 nitrogen and oxygen atoms in total. The van der Waals surface area contributed by atoms with Crippen molar-refractivity contribution in [1.29, 1.82) is 0 Å². The van der Waals surface area contributed by atoms with E-state index in [9.17, 15) is 14.7 Å². The lowest BCUT2D eigenvalue weighted by molar-refractivity contribution is -0.141. The molecule has 0 bridgehead atoms. The zero-order chi connectivity index (χ0) is 14.5. The predicted molar refractivity (Wildman–Crippen MR) is 73.3 cm³/mol. The van der Waals surface area contributed by atoms with Gasteiger partial charge < -0.3 is 15.7 Å². The van der Waals surface area contributed by atoms with Crippen molar-refractivity contribution in [1.82, 2.24) is 4.90 Å². The monoisotopic (exact) mass is 270 g/mol. The normalized spacial score (nSPS) is 18.3. The molecule has 0 aromatic carbocycles. The van der Waals surface area contributed by atoms with Crippen LogP contribution in [0.3, 0.4) is 0 Å². The quantitative estimate of drug-likeness (QED) is 0.756. The first-order valence-electron chi connectivity index (χ1n) is 7.11. The number of nitrogens with two attached hydrogens (primary N) is 1. The van der Waals surface area contributed by atoms with E-state index in [4.69, 9.17) is 5.73 Å². The van der Waals surface area contributed by atoms with E-state index in [1.807, 2.05) is 13.8 Å². The van der Waals surface area contributed by atoms with Gasteiger partial charge in [-0.15, -0.1) is 0 Å². The van der Waals surface area contributed by atoms with Gasteiger partial charge in [0.15, 0.2) is 0 Å². The van der Waals surface area contributed by atoms with Crippen LogP contribution < -0.4 is 5.73 Å². The van der Waals surface area contributed by atoms with Crippen LogP contribution in [0.1, 0.15) is 52.4 Å². The molecule has 1 saturated carbocycles. The van der Waals surface area contributed by atoms with Gasteiger partial charge in [-0.1, -0.05) is 33.1 Å². The molecule has 0 saturated heterocycles. The zero-order valence-electron chi connectivity index (χ0n) is 12.0. The molecule has 2 amide bonds. The van der Waals surface area contributed by atoms with Crippen molar-refractivity contribution >= 4 is 11.8 Å². The Balaban J connectivity index is 2.61. The number of aliphatic hydroxyl groups is 1. The maximum Gasteiger partial charge on any atom is 0.237 e. The Kier molecular flexibility index (Phi) is 5.79. The molecular weight excluding hydrogens is 244 g/mol. The second-order valence-corrected chi connectivity index (χ2v) is 6.10. The molecule has 0 spiro atoms. The number of amides is 2. The minimum atomic E-state index is -0.887. The first-order valence-corrected chi connectivity index (χ1v) is 7.11. The van der Waals surface area contributed by atoms with Crippen LogP contribution in [0.2, 0.25) is 0 Å². The summed E-state index contributed by atoms with van der Waals surface area (Å²) in [5.74, 6) is -0.411. The summed E-state index contributed by atoms with van der Waals surface area (Å²) in [5, 5.41) is 10.4. The molecule has 110 valence electrons. The van der Waals surface area contributed by atoms with E-state index in [2.05, 4.69) is 0 Å². The molecule has 0 aliphatic heterocycles. The first-order chi connectivity index (χ1) is 8.82. The van der Waals surface area contributed by atoms with Crippen molar-refractivity contribution in [2.75, 3.05) is 13.1 Å². The smallest absolute Gasteiger partial charge is 0.237 e. The summed E-state index contributed by atoms with van der Waals surface area (Å²) in [5.41, 5.74) is 4.29. The van der Waals surface area contributed by atoms with E-state index < -0.39 is 11.5 Å². The zero-order valence-corrected chi connectivity index (χ0v) is 12.0. The Bertz CT molecular complexity index is 323. The van der Waals surface area contributed by atoms with Gasteiger partial charge in [0.2, 0.25) is 11.8 Å². The average molecular weight is 270 g/mol. The van der Waals surface area contributed by atoms with E-state index in [0.717, 1.165) is 19.3 Å². The lowest BCUT2D eigenvalue weighted by Gasteiger charge is -2.34. The second kappa shape index (κ2) is 6.89. The van der Waals surface area contributed by atoms with E-state index in [1.165, 1.54) is 4.90 Å². The highest BCUT2D eigenvalue weighted by atomic mass is 16.3. The summed E-state index contributed by atoms with van der Waals surface area (Å²) in [7, 11) is 0. The van der Waals surface area contributed by atoms with E-state index in [0.29, 0.717) is 19.4 Å². The summed E-state index contributed by atoms with van der Waals surface area (Å²) in [6.45, 7) is 4.40. The fourth-order valence-electron chi connectivity index (χ4n) is 2.66. The molecule has 1 aliphatic carbocycles. The predicted octanol–water partition coefficient (Wildman–Crippen LogP) is 1.04. The van der Waals surface area contributed by atoms with Gasteiger partial charge in [-0.05, 0) is 18.8 Å². The van der Waals surface area contributed by atoms with E-state index in [-0.39, 0.29) is 24.8 Å². The number of hydrogen-bond acceptors (Lipinski definition) is 3. The van der Waals surface area contributed by atoms with Crippen LogP contribution in [0.5, 0.6) is 0 Å². The van der Waals surface area contributed by atoms with Crippen molar-refractivity contribution in [3.8, 4) is 0 Å². The summed E-state index contributed by atoms with van der Waals surface area (Å²) < 4.78 is 0. The number of carbonyl (C=O) groups is 2. The van der Waals surface area contributed by atoms with Crippen molar-refractivity contribution in [3.05, 3.63) is 0 Å². The van der Waals surface area contributed by atoms with Crippen LogP contribution in [0, 0.1) is 5.92 Å². The third-order valence-electron chi connectivity index (χ3n) is 3.55. The van der Waals surface area contributed by atoms with Gasteiger partial charge in [-0.3, -0.25) is 9.59 Å². The summed E-state index contributed by atoms with van der Waals surface area (Å²) in [6, 6.07) is 0. The minimum Gasteiger partial charge on any atom is -0.389 e. The van der Waals surface area contributed by atoms with Crippen molar-refractivity contribution in [3.63, 3.8) is 0 Å². The molecule has 0 aromatic heterocycles. The Hall–Kier alpha value is -1.10. The highest BCUT2D eigenvalue weighted by Gasteiger charge is 2.33. The highest BCUT2D eigenvalue weighted by Crippen LogP contribution is 2.31.